The van der Waals surface area contributed by atoms with Crippen molar-refractivity contribution in [3.8, 4) is 11.5 Å². The maximum absolute atomic E-state index is 12.6. The molecule has 2 aromatic rings. The summed E-state index contributed by atoms with van der Waals surface area (Å²) < 4.78 is 11.3. The molecule has 0 spiro atoms. The lowest BCUT2D eigenvalue weighted by molar-refractivity contribution is -0.137. The van der Waals surface area contributed by atoms with Gasteiger partial charge in [-0.1, -0.05) is 36.4 Å². The third-order valence-corrected chi connectivity index (χ3v) is 4.79. The lowest BCUT2D eigenvalue weighted by Crippen LogP contribution is -2.31. The molecule has 7 nitrogen and oxygen atoms in total. The molecule has 1 aliphatic heterocycles. The molecule has 0 saturated carbocycles. The quantitative estimate of drug-likeness (QED) is 0.470. The van der Waals surface area contributed by atoms with Gasteiger partial charge in [0, 0.05) is 13.0 Å². The molecule has 0 atom stereocenters. The average Bonchev–Trinajstić information content (AvgIpc) is 3.00. The maximum atomic E-state index is 12.6. The predicted octanol–water partition coefficient (Wildman–Crippen LogP) is 3.20. The first-order valence-corrected chi connectivity index (χ1v) is 9.80. The molecule has 0 unspecified atom stereocenters. The summed E-state index contributed by atoms with van der Waals surface area (Å²) in [6, 6.07) is 15.2. The van der Waals surface area contributed by atoms with Crippen molar-refractivity contribution in [2.75, 3.05) is 13.7 Å². The largest absolute Gasteiger partial charge is 0.493 e. The molecule has 0 aliphatic carbocycles. The highest BCUT2D eigenvalue weighted by atomic mass is 32.1. The topological polar surface area (TPSA) is 88.1 Å². The number of carbonyl (C=O) groups is 2. The van der Waals surface area contributed by atoms with E-state index in [0.29, 0.717) is 30.2 Å². The van der Waals surface area contributed by atoms with Gasteiger partial charge in [0.1, 0.15) is 12.3 Å². The van der Waals surface area contributed by atoms with Gasteiger partial charge in [-0.25, -0.2) is 0 Å². The Bertz CT molecular complexity index is 975. The number of aliphatic carboxylic acids is 1. The standard InChI is InChI=1S/C22H22N2O5S/c1-28-19-13-16(9-10-18(19)29-14-15-6-3-2-4-7-15)12-17-21(27)24(22(30)23-17)11-5-8-20(25)26/h2-4,6-7,9-10,12-13H,5,8,11,14H2,1H3,(H,23,30)(H,25,26)/b17-12-. The summed E-state index contributed by atoms with van der Waals surface area (Å²) in [5, 5.41) is 11.9. The van der Waals surface area contributed by atoms with Crippen LogP contribution in [0, 0.1) is 0 Å². The van der Waals surface area contributed by atoms with Crippen LogP contribution in [-0.4, -0.2) is 40.6 Å². The summed E-state index contributed by atoms with van der Waals surface area (Å²) in [4.78, 5) is 24.6. The Kier molecular flexibility index (Phi) is 7.03. The molecule has 30 heavy (non-hydrogen) atoms. The fraction of sp³-hybridized carbons (Fsp3) is 0.227. The summed E-state index contributed by atoms with van der Waals surface area (Å²) in [5.74, 6) is -0.0432. The zero-order valence-electron chi connectivity index (χ0n) is 16.5. The van der Waals surface area contributed by atoms with Crippen LogP contribution in [0.2, 0.25) is 0 Å². The van der Waals surface area contributed by atoms with Gasteiger partial charge in [-0.15, -0.1) is 0 Å². The minimum atomic E-state index is -0.905. The second-order valence-electron chi connectivity index (χ2n) is 6.63. The summed E-state index contributed by atoms with van der Waals surface area (Å²) >= 11 is 5.20. The molecule has 1 aliphatic rings. The fourth-order valence-corrected chi connectivity index (χ4v) is 3.24. The first kappa shape index (κ1) is 21.3. The van der Waals surface area contributed by atoms with Crippen molar-refractivity contribution < 1.29 is 24.2 Å². The zero-order valence-corrected chi connectivity index (χ0v) is 17.3. The molecule has 1 saturated heterocycles. The number of amides is 1. The number of carboxylic acid groups (broad SMARTS) is 1. The van der Waals surface area contributed by atoms with Crippen LogP contribution in [0.5, 0.6) is 11.5 Å². The summed E-state index contributed by atoms with van der Waals surface area (Å²) in [6.07, 6.45) is 1.99. The lowest BCUT2D eigenvalue weighted by atomic mass is 10.1. The van der Waals surface area contributed by atoms with E-state index >= 15 is 0 Å². The average molecular weight is 426 g/mol. The van der Waals surface area contributed by atoms with Crippen LogP contribution >= 0.6 is 12.2 Å². The molecule has 1 amide bonds. The summed E-state index contributed by atoms with van der Waals surface area (Å²) in [7, 11) is 1.56. The van der Waals surface area contributed by atoms with Crippen molar-refractivity contribution >= 4 is 35.3 Å². The van der Waals surface area contributed by atoms with Gasteiger partial charge >= 0.3 is 5.97 Å². The van der Waals surface area contributed by atoms with Gasteiger partial charge in [0.25, 0.3) is 5.91 Å². The number of rotatable bonds is 9. The molecule has 0 aromatic heterocycles. The number of methoxy groups -OCH3 is 1. The number of thiocarbonyl (C=S) groups is 1. The van der Waals surface area contributed by atoms with Crippen LogP contribution in [0.1, 0.15) is 24.0 Å². The molecule has 156 valence electrons. The van der Waals surface area contributed by atoms with Gasteiger partial charge in [-0.2, -0.15) is 0 Å². The molecular formula is C22H22N2O5S. The molecule has 3 rings (SSSR count). The number of nitrogens with one attached hydrogen (secondary N) is 1. The van der Waals surface area contributed by atoms with Crippen molar-refractivity contribution in [2.24, 2.45) is 0 Å². The Morgan fingerprint density at radius 1 is 1.20 bits per heavy atom. The van der Waals surface area contributed by atoms with Crippen LogP contribution in [0.15, 0.2) is 54.2 Å². The third-order valence-electron chi connectivity index (χ3n) is 4.47. The van der Waals surface area contributed by atoms with Crippen LogP contribution in [0.4, 0.5) is 0 Å². The lowest BCUT2D eigenvalue weighted by Gasteiger charge is -2.12. The van der Waals surface area contributed by atoms with E-state index in [9.17, 15) is 9.59 Å². The SMILES string of the molecule is COc1cc(/C=C2\NC(=S)N(CCCC(=O)O)C2=O)ccc1OCc1ccccc1. The number of hydrogen-bond acceptors (Lipinski definition) is 5. The Balaban J connectivity index is 1.69. The molecule has 0 bridgehead atoms. The molecule has 8 heteroatoms. The predicted molar refractivity (Wildman–Crippen MR) is 116 cm³/mol. The number of carboxylic acids is 1. The zero-order chi connectivity index (χ0) is 21.5. The van der Waals surface area contributed by atoms with E-state index in [1.807, 2.05) is 36.4 Å². The maximum Gasteiger partial charge on any atom is 0.303 e. The van der Waals surface area contributed by atoms with Crippen molar-refractivity contribution in [1.29, 1.82) is 0 Å². The van der Waals surface area contributed by atoms with Gasteiger partial charge in [0.2, 0.25) is 0 Å². The van der Waals surface area contributed by atoms with E-state index in [1.165, 1.54) is 4.90 Å². The van der Waals surface area contributed by atoms with Crippen LogP contribution in [0.25, 0.3) is 6.08 Å². The fourth-order valence-electron chi connectivity index (χ4n) is 2.96. The number of hydrogen-bond donors (Lipinski definition) is 2. The molecule has 0 radical (unpaired) electrons. The van der Waals surface area contributed by atoms with Crippen LogP contribution < -0.4 is 14.8 Å². The highest BCUT2D eigenvalue weighted by molar-refractivity contribution is 7.80. The Morgan fingerprint density at radius 3 is 2.67 bits per heavy atom. The minimum Gasteiger partial charge on any atom is -0.493 e. The van der Waals surface area contributed by atoms with Crippen molar-refractivity contribution in [3.63, 3.8) is 0 Å². The monoisotopic (exact) mass is 426 g/mol. The van der Waals surface area contributed by atoms with E-state index in [-0.39, 0.29) is 24.0 Å². The summed E-state index contributed by atoms with van der Waals surface area (Å²) in [6.45, 7) is 0.668. The van der Waals surface area contributed by atoms with Gasteiger partial charge < -0.3 is 19.9 Å². The smallest absolute Gasteiger partial charge is 0.303 e. The second-order valence-corrected chi connectivity index (χ2v) is 7.01. The molecule has 1 fully saturated rings. The minimum absolute atomic E-state index is 0.0208. The highest BCUT2D eigenvalue weighted by Crippen LogP contribution is 2.30. The Labute approximate surface area is 179 Å². The molecule has 2 aromatic carbocycles. The first-order valence-electron chi connectivity index (χ1n) is 9.39. The van der Waals surface area contributed by atoms with E-state index in [4.69, 9.17) is 26.8 Å². The van der Waals surface area contributed by atoms with Gasteiger partial charge in [-0.05, 0) is 48.0 Å². The van der Waals surface area contributed by atoms with Crippen molar-refractivity contribution in [2.45, 2.75) is 19.4 Å². The van der Waals surface area contributed by atoms with Crippen LogP contribution in [-0.2, 0) is 16.2 Å². The second kappa shape index (κ2) is 9.89. The normalized spacial score (nSPS) is 14.7. The third kappa shape index (κ3) is 5.36. The van der Waals surface area contributed by atoms with Crippen LogP contribution in [0.3, 0.4) is 0 Å². The summed E-state index contributed by atoms with van der Waals surface area (Å²) in [5.41, 5.74) is 2.11. The van der Waals surface area contributed by atoms with E-state index < -0.39 is 5.97 Å². The van der Waals surface area contributed by atoms with Gasteiger partial charge in [0.05, 0.1) is 7.11 Å². The number of benzene rings is 2. The molecule has 1 heterocycles. The molecular weight excluding hydrogens is 404 g/mol. The number of carbonyl (C=O) groups excluding carboxylic acids is 1. The number of nitrogens with zero attached hydrogens (tertiary/aromatic N) is 1. The van der Waals surface area contributed by atoms with E-state index in [2.05, 4.69) is 5.32 Å². The van der Waals surface area contributed by atoms with Crippen molar-refractivity contribution in [1.82, 2.24) is 10.2 Å². The Morgan fingerprint density at radius 2 is 1.97 bits per heavy atom. The van der Waals surface area contributed by atoms with Gasteiger partial charge in [-0.3, -0.25) is 14.5 Å². The van der Waals surface area contributed by atoms with E-state index in [0.717, 1.165) is 11.1 Å². The first-order chi connectivity index (χ1) is 14.5. The van der Waals surface area contributed by atoms with Gasteiger partial charge in [0.15, 0.2) is 16.6 Å². The molecule has 2 N–H and O–H groups in total. The van der Waals surface area contributed by atoms with E-state index in [1.54, 1.807) is 25.3 Å². The highest BCUT2D eigenvalue weighted by Gasteiger charge is 2.30. The number of ether oxygens (including phenoxy) is 2. The van der Waals surface area contributed by atoms with Crippen molar-refractivity contribution in [3.05, 3.63) is 65.4 Å². The Hall–Kier alpha value is -3.39.